The predicted molar refractivity (Wildman–Crippen MR) is 115 cm³/mol. The number of pyridine rings is 1. The first-order valence-corrected chi connectivity index (χ1v) is 9.84. The van der Waals surface area contributed by atoms with E-state index in [4.69, 9.17) is 9.84 Å². The molecule has 0 unspecified atom stereocenters. The van der Waals surface area contributed by atoms with E-state index in [2.05, 4.69) is 52.8 Å². The highest BCUT2D eigenvalue weighted by Crippen LogP contribution is 2.31. The summed E-state index contributed by atoms with van der Waals surface area (Å²) in [6.45, 7) is 1.76. The third-order valence-corrected chi connectivity index (χ3v) is 4.55. The van der Waals surface area contributed by atoms with Crippen LogP contribution in [0.4, 0.5) is 0 Å². The third-order valence-electron chi connectivity index (χ3n) is 4.55. The molecule has 2 N–H and O–H groups in total. The lowest BCUT2D eigenvalue weighted by Crippen LogP contribution is -2.16. The molecule has 0 saturated carbocycles. The average molecular weight is 390 g/mol. The van der Waals surface area contributed by atoms with Crippen LogP contribution in [0.2, 0.25) is 0 Å². The summed E-state index contributed by atoms with van der Waals surface area (Å²) in [5.41, 5.74) is 5.61. The highest BCUT2D eigenvalue weighted by atomic mass is 16.5. The molecule has 1 heterocycles. The Morgan fingerprint density at radius 3 is 2.24 bits per heavy atom. The van der Waals surface area contributed by atoms with Gasteiger partial charge in [-0.2, -0.15) is 0 Å². The Balaban J connectivity index is 1.61. The minimum Gasteiger partial charge on any atom is -0.480 e. The van der Waals surface area contributed by atoms with E-state index in [1.54, 1.807) is 0 Å². The number of ether oxygens (including phenoxy) is 1. The van der Waals surface area contributed by atoms with Crippen molar-refractivity contribution in [2.75, 3.05) is 19.8 Å². The second kappa shape index (κ2) is 11.1. The van der Waals surface area contributed by atoms with Gasteiger partial charge in [0, 0.05) is 24.9 Å². The first-order chi connectivity index (χ1) is 14.2. The highest BCUT2D eigenvalue weighted by Gasteiger charge is 2.09. The van der Waals surface area contributed by atoms with Gasteiger partial charge in [-0.25, -0.2) is 4.79 Å². The minimum atomic E-state index is -0.928. The molecule has 0 aliphatic heterocycles. The van der Waals surface area contributed by atoms with Crippen LogP contribution in [0.5, 0.6) is 0 Å². The summed E-state index contributed by atoms with van der Waals surface area (Å²) in [5, 5.41) is 11.9. The molecule has 0 atom stereocenters. The number of hydrogen-bond donors (Lipinski definition) is 2. The lowest BCUT2D eigenvalue weighted by atomic mass is 9.96. The number of aromatic nitrogens is 1. The molecular weight excluding hydrogens is 364 g/mol. The Labute approximate surface area is 171 Å². The molecule has 0 aliphatic rings. The van der Waals surface area contributed by atoms with Crippen molar-refractivity contribution in [3.05, 3.63) is 78.6 Å². The van der Waals surface area contributed by atoms with Crippen LogP contribution < -0.4 is 5.32 Å². The molecule has 0 spiro atoms. The van der Waals surface area contributed by atoms with Crippen molar-refractivity contribution in [1.29, 1.82) is 0 Å². The molecule has 2 aromatic carbocycles. The van der Waals surface area contributed by atoms with Crippen LogP contribution in [0.3, 0.4) is 0 Å². The number of aliphatic carboxylic acids is 1. The van der Waals surface area contributed by atoms with Gasteiger partial charge >= 0.3 is 5.97 Å². The van der Waals surface area contributed by atoms with Crippen LogP contribution in [-0.4, -0.2) is 35.8 Å². The summed E-state index contributed by atoms with van der Waals surface area (Å²) in [6.07, 6.45) is 3.71. The smallest absolute Gasteiger partial charge is 0.329 e. The highest BCUT2D eigenvalue weighted by molar-refractivity contribution is 5.83. The summed E-state index contributed by atoms with van der Waals surface area (Å²) in [7, 11) is 0. The van der Waals surface area contributed by atoms with Crippen LogP contribution in [-0.2, 0) is 16.1 Å². The number of benzene rings is 2. The number of carbonyl (C=O) groups is 1. The monoisotopic (exact) mass is 390 g/mol. The first kappa shape index (κ1) is 20.7. The number of rotatable bonds is 11. The second-order valence-corrected chi connectivity index (χ2v) is 6.78. The topological polar surface area (TPSA) is 71.5 Å². The molecule has 5 heteroatoms. The molecule has 3 rings (SSSR count). The summed E-state index contributed by atoms with van der Waals surface area (Å²) in [6, 6.07) is 22.8. The van der Waals surface area contributed by atoms with Gasteiger partial charge in [-0.1, -0.05) is 60.7 Å². The van der Waals surface area contributed by atoms with Crippen LogP contribution in [0, 0.1) is 0 Å². The quantitative estimate of drug-likeness (QED) is 0.475. The van der Waals surface area contributed by atoms with E-state index < -0.39 is 5.97 Å². The number of nitrogens with zero attached hydrogens (tertiary/aromatic N) is 1. The van der Waals surface area contributed by atoms with E-state index in [9.17, 15) is 4.79 Å². The van der Waals surface area contributed by atoms with Gasteiger partial charge in [0.2, 0.25) is 0 Å². The van der Waals surface area contributed by atoms with Gasteiger partial charge < -0.3 is 15.2 Å². The molecule has 0 radical (unpaired) electrons. The molecule has 150 valence electrons. The first-order valence-electron chi connectivity index (χ1n) is 9.84. The van der Waals surface area contributed by atoms with Crippen LogP contribution >= 0.6 is 0 Å². The average Bonchev–Trinajstić information content (AvgIpc) is 2.76. The summed E-state index contributed by atoms with van der Waals surface area (Å²) >= 11 is 0. The zero-order chi connectivity index (χ0) is 20.3. The van der Waals surface area contributed by atoms with Gasteiger partial charge in [0.15, 0.2) is 0 Å². The molecule has 0 fully saturated rings. The van der Waals surface area contributed by atoms with Gasteiger partial charge in [0.1, 0.15) is 6.61 Å². The van der Waals surface area contributed by atoms with Gasteiger partial charge in [0.25, 0.3) is 0 Å². The fourth-order valence-corrected chi connectivity index (χ4v) is 3.13. The molecule has 0 saturated heterocycles. The van der Waals surface area contributed by atoms with Crippen molar-refractivity contribution in [1.82, 2.24) is 10.3 Å². The number of unbranched alkanes of at least 4 members (excludes halogenated alkanes) is 1. The van der Waals surface area contributed by atoms with Gasteiger partial charge in [0.05, 0.1) is 5.69 Å². The van der Waals surface area contributed by atoms with E-state index in [1.807, 2.05) is 30.5 Å². The Hall–Kier alpha value is -3.02. The maximum atomic E-state index is 10.4. The Morgan fingerprint density at radius 2 is 1.59 bits per heavy atom. The van der Waals surface area contributed by atoms with Crippen molar-refractivity contribution in [3.63, 3.8) is 0 Å². The molecule has 0 aliphatic carbocycles. The fraction of sp³-hybridized carbons (Fsp3) is 0.250. The number of nitrogens with one attached hydrogen (secondary N) is 1. The molecule has 0 amide bonds. The van der Waals surface area contributed by atoms with Gasteiger partial charge in [-0.15, -0.1) is 0 Å². The molecule has 0 bridgehead atoms. The lowest BCUT2D eigenvalue weighted by molar-refractivity contribution is -0.142. The van der Waals surface area contributed by atoms with Crippen LogP contribution in [0.1, 0.15) is 18.5 Å². The Morgan fingerprint density at radius 1 is 0.931 bits per heavy atom. The van der Waals surface area contributed by atoms with E-state index in [-0.39, 0.29) is 6.61 Å². The maximum absolute atomic E-state index is 10.4. The number of carboxylic acid groups (broad SMARTS) is 1. The number of hydrogen-bond acceptors (Lipinski definition) is 4. The molecule has 29 heavy (non-hydrogen) atoms. The summed E-state index contributed by atoms with van der Waals surface area (Å²) < 4.78 is 5.04. The van der Waals surface area contributed by atoms with Crippen LogP contribution in [0.25, 0.3) is 22.3 Å². The van der Waals surface area contributed by atoms with Gasteiger partial charge in [-0.05, 0) is 42.1 Å². The normalized spacial score (nSPS) is 10.8. The largest absolute Gasteiger partial charge is 0.480 e. The van der Waals surface area contributed by atoms with Crippen molar-refractivity contribution < 1.29 is 14.6 Å². The molecule has 3 aromatic rings. The van der Waals surface area contributed by atoms with Gasteiger partial charge in [-0.3, -0.25) is 4.98 Å². The SMILES string of the molecule is O=C(O)COCCCCNCc1cc(-c2ccccc2)c(-c2ccccc2)cn1. The maximum Gasteiger partial charge on any atom is 0.329 e. The lowest BCUT2D eigenvalue weighted by Gasteiger charge is -2.12. The van der Waals surface area contributed by atoms with Crippen molar-refractivity contribution in [3.8, 4) is 22.3 Å². The molecule has 1 aromatic heterocycles. The van der Waals surface area contributed by atoms with E-state index >= 15 is 0 Å². The van der Waals surface area contributed by atoms with E-state index in [0.717, 1.165) is 36.2 Å². The predicted octanol–water partition coefficient (Wildman–Crippen LogP) is 4.39. The summed E-state index contributed by atoms with van der Waals surface area (Å²) in [5.74, 6) is -0.928. The van der Waals surface area contributed by atoms with Crippen molar-refractivity contribution in [2.45, 2.75) is 19.4 Å². The van der Waals surface area contributed by atoms with E-state index in [0.29, 0.717) is 13.2 Å². The van der Waals surface area contributed by atoms with Crippen molar-refractivity contribution in [2.24, 2.45) is 0 Å². The minimum absolute atomic E-state index is 0.229. The Bertz CT molecular complexity index is 899. The fourth-order valence-electron chi connectivity index (χ4n) is 3.13. The third kappa shape index (κ3) is 6.52. The van der Waals surface area contributed by atoms with Crippen molar-refractivity contribution >= 4 is 5.97 Å². The second-order valence-electron chi connectivity index (χ2n) is 6.78. The number of carboxylic acids is 1. The Kier molecular flexibility index (Phi) is 7.92. The zero-order valence-corrected chi connectivity index (χ0v) is 16.4. The van der Waals surface area contributed by atoms with E-state index in [1.165, 1.54) is 11.1 Å². The zero-order valence-electron chi connectivity index (χ0n) is 16.4. The molecular formula is C24H26N2O3. The summed E-state index contributed by atoms with van der Waals surface area (Å²) in [4.78, 5) is 15.0. The standard InChI is InChI=1S/C24H26N2O3/c27-24(28)18-29-14-8-7-13-25-16-21-15-22(19-9-3-1-4-10-19)23(17-26-21)20-11-5-2-6-12-20/h1-6,9-12,15,17,25H,7-8,13-14,16,18H2,(H,27,28). The van der Waals surface area contributed by atoms with Crippen LogP contribution in [0.15, 0.2) is 72.9 Å². The molecule has 5 nitrogen and oxygen atoms in total.